The minimum Gasteiger partial charge on any atom is -0.386 e. The lowest BCUT2D eigenvalue weighted by Crippen LogP contribution is -2.29. The number of thiophene rings is 1. The Bertz CT molecular complexity index is 251. The molecule has 0 bridgehead atoms. The first kappa shape index (κ1) is 9.64. The summed E-state index contributed by atoms with van der Waals surface area (Å²) in [5, 5.41) is 11.4. The van der Waals surface area contributed by atoms with Crippen LogP contribution in [0.1, 0.15) is 16.5 Å². The summed E-state index contributed by atoms with van der Waals surface area (Å²) in [7, 11) is 0. The molecule has 1 aromatic rings. The lowest BCUT2D eigenvalue weighted by atomic mass is 10.1. The third-order valence-electron chi connectivity index (χ3n) is 1.63. The van der Waals surface area contributed by atoms with E-state index in [1.165, 1.54) is 11.3 Å². The zero-order valence-electron chi connectivity index (χ0n) is 6.83. The molecule has 4 heteroatoms. The summed E-state index contributed by atoms with van der Waals surface area (Å²) in [5.41, 5.74) is 6.41. The van der Waals surface area contributed by atoms with Crippen LogP contribution >= 0.6 is 11.3 Å². The van der Waals surface area contributed by atoms with E-state index in [0.717, 1.165) is 10.4 Å². The van der Waals surface area contributed by atoms with Crippen molar-refractivity contribution in [2.24, 2.45) is 5.73 Å². The standard InChI is InChI=1S/C8H12FNOS/c1-5-2-7(12-4-5)8(11)6(10)3-9/h2,4,6,8,11H,3,10H2,1H3/t6-,8+/m0/s1. The van der Waals surface area contributed by atoms with Gasteiger partial charge < -0.3 is 10.8 Å². The second kappa shape index (κ2) is 3.98. The first-order chi connectivity index (χ1) is 5.65. The minimum absolute atomic E-state index is 0.696. The average Bonchev–Trinajstić information content (AvgIpc) is 2.49. The van der Waals surface area contributed by atoms with E-state index in [9.17, 15) is 9.50 Å². The summed E-state index contributed by atoms with van der Waals surface area (Å²) in [6, 6.07) is 1.02. The molecule has 0 aliphatic heterocycles. The molecule has 1 rings (SSSR count). The second-order valence-corrected chi connectivity index (χ2v) is 3.73. The molecular formula is C8H12FNOS. The molecule has 3 N–H and O–H groups in total. The van der Waals surface area contributed by atoms with Gasteiger partial charge in [-0.2, -0.15) is 0 Å². The van der Waals surface area contributed by atoms with Gasteiger partial charge in [-0.25, -0.2) is 4.39 Å². The maximum Gasteiger partial charge on any atom is 0.107 e. The first-order valence-corrected chi connectivity index (χ1v) is 4.57. The maximum absolute atomic E-state index is 12.0. The van der Waals surface area contributed by atoms with Crippen molar-refractivity contribution in [2.45, 2.75) is 19.1 Å². The molecule has 0 fully saturated rings. The number of aryl methyl sites for hydroxylation is 1. The molecule has 12 heavy (non-hydrogen) atoms. The van der Waals surface area contributed by atoms with Gasteiger partial charge in [-0.1, -0.05) is 0 Å². The van der Waals surface area contributed by atoms with Gasteiger partial charge in [-0.3, -0.25) is 0 Å². The van der Waals surface area contributed by atoms with Gasteiger partial charge >= 0.3 is 0 Å². The van der Waals surface area contributed by atoms with E-state index in [1.807, 2.05) is 18.4 Å². The highest BCUT2D eigenvalue weighted by molar-refractivity contribution is 7.10. The molecule has 2 nitrogen and oxygen atoms in total. The summed E-state index contributed by atoms with van der Waals surface area (Å²) in [6.07, 6.45) is -0.867. The molecule has 1 aromatic heterocycles. The Morgan fingerprint density at radius 2 is 2.42 bits per heavy atom. The predicted molar refractivity (Wildman–Crippen MR) is 48.0 cm³/mol. The van der Waals surface area contributed by atoms with Crippen LogP contribution in [0.25, 0.3) is 0 Å². The Labute approximate surface area is 74.8 Å². The highest BCUT2D eigenvalue weighted by Crippen LogP contribution is 2.23. The van der Waals surface area contributed by atoms with Crippen molar-refractivity contribution in [2.75, 3.05) is 6.67 Å². The maximum atomic E-state index is 12.0. The van der Waals surface area contributed by atoms with Gasteiger partial charge in [0.05, 0.1) is 6.04 Å². The summed E-state index contributed by atoms with van der Waals surface area (Å²) >= 11 is 1.40. The second-order valence-electron chi connectivity index (χ2n) is 2.79. The fourth-order valence-corrected chi connectivity index (χ4v) is 1.86. The third kappa shape index (κ3) is 2.03. The van der Waals surface area contributed by atoms with Crippen molar-refractivity contribution < 1.29 is 9.50 Å². The Morgan fingerprint density at radius 3 is 2.83 bits per heavy atom. The summed E-state index contributed by atoms with van der Waals surface area (Å²) in [5.74, 6) is 0. The molecule has 0 aliphatic carbocycles. The van der Waals surface area contributed by atoms with E-state index in [0.29, 0.717) is 0 Å². The van der Waals surface area contributed by atoms with Gasteiger partial charge in [-0.15, -0.1) is 11.3 Å². The quantitative estimate of drug-likeness (QED) is 0.754. The summed E-state index contributed by atoms with van der Waals surface area (Å²) in [4.78, 5) is 0.734. The number of rotatable bonds is 3. The Morgan fingerprint density at radius 1 is 1.75 bits per heavy atom. The van der Waals surface area contributed by atoms with Crippen molar-refractivity contribution >= 4 is 11.3 Å². The number of aliphatic hydroxyl groups excluding tert-OH is 1. The van der Waals surface area contributed by atoms with Gasteiger partial charge in [0.25, 0.3) is 0 Å². The fourth-order valence-electron chi connectivity index (χ4n) is 0.904. The van der Waals surface area contributed by atoms with Crippen LogP contribution in [-0.2, 0) is 0 Å². The van der Waals surface area contributed by atoms with Crippen molar-refractivity contribution in [1.29, 1.82) is 0 Å². The van der Waals surface area contributed by atoms with Gasteiger partial charge in [-0.05, 0) is 23.9 Å². The number of hydrogen-bond donors (Lipinski definition) is 2. The largest absolute Gasteiger partial charge is 0.386 e. The van der Waals surface area contributed by atoms with Crippen LogP contribution in [0.15, 0.2) is 11.4 Å². The predicted octanol–water partition coefficient (Wildman–Crippen LogP) is 1.39. The van der Waals surface area contributed by atoms with Gasteiger partial charge in [0, 0.05) is 4.88 Å². The third-order valence-corrected chi connectivity index (χ3v) is 2.75. The van der Waals surface area contributed by atoms with Crippen molar-refractivity contribution in [3.63, 3.8) is 0 Å². The van der Waals surface area contributed by atoms with Crippen molar-refractivity contribution in [1.82, 2.24) is 0 Å². The molecule has 0 unspecified atom stereocenters. The summed E-state index contributed by atoms with van der Waals surface area (Å²) in [6.45, 7) is 1.23. The summed E-state index contributed by atoms with van der Waals surface area (Å²) < 4.78 is 12.0. The molecule has 2 atom stereocenters. The Kier molecular flexibility index (Phi) is 3.20. The Hall–Kier alpha value is -0.450. The van der Waals surface area contributed by atoms with E-state index in [-0.39, 0.29) is 0 Å². The van der Waals surface area contributed by atoms with E-state index in [2.05, 4.69) is 0 Å². The molecule has 0 radical (unpaired) electrons. The SMILES string of the molecule is Cc1csc([C@H](O)[C@@H](N)CF)c1. The molecule has 0 saturated carbocycles. The van der Waals surface area contributed by atoms with Crippen molar-refractivity contribution in [3.8, 4) is 0 Å². The van der Waals surface area contributed by atoms with E-state index >= 15 is 0 Å². The topological polar surface area (TPSA) is 46.2 Å². The smallest absolute Gasteiger partial charge is 0.107 e. The first-order valence-electron chi connectivity index (χ1n) is 3.69. The lowest BCUT2D eigenvalue weighted by molar-refractivity contribution is 0.136. The normalized spacial score (nSPS) is 16.0. The Balaban J connectivity index is 2.70. The molecule has 0 aromatic carbocycles. The van der Waals surface area contributed by atoms with Crippen LogP contribution in [0.5, 0.6) is 0 Å². The van der Waals surface area contributed by atoms with Crippen LogP contribution in [0.4, 0.5) is 4.39 Å². The molecule has 0 aliphatic rings. The van der Waals surface area contributed by atoms with Crippen LogP contribution in [0, 0.1) is 6.92 Å². The van der Waals surface area contributed by atoms with Crippen LogP contribution in [0.2, 0.25) is 0 Å². The number of alkyl halides is 1. The van der Waals surface area contributed by atoms with Gasteiger partial charge in [0.1, 0.15) is 12.8 Å². The molecule has 0 amide bonds. The number of halogens is 1. The van der Waals surface area contributed by atoms with Crippen molar-refractivity contribution in [3.05, 3.63) is 21.9 Å². The number of aliphatic hydroxyl groups is 1. The van der Waals surface area contributed by atoms with E-state index in [1.54, 1.807) is 0 Å². The number of hydrogen-bond acceptors (Lipinski definition) is 3. The lowest BCUT2D eigenvalue weighted by Gasteiger charge is -2.13. The van der Waals surface area contributed by atoms with Crippen LogP contribution in [0.3, 0.4) is 0 Å². The monoisotopic (exact) mass is 189 g/mol. The molecular weight excluding hydrogens is 177 g/mol. The molecule has 0 saturated heterocycles. The molecule has 1 heterocycles. The van der Waals surface area contributed by atoms with E-state index < -0.39 is 18.8 Å². The minimum atomic E-state index is -0.867. The molecule has 68 valence electrons. The highest BCUT2D eigenvalue weighted by atomic mass is 32.1. The zero-order valence-corrected chi connectivity index (χ0v) is 7.64. The highest BCUT2D eigenvalue weighted by Gasteiger charge is 2.17. The zero-order chi connectivity index (χ0) is 9.14. The van der Waals surface area contributed by atoms with Gasteiger partial charge in [0.15, 0.2) is 0 Å². The fraction of sp³-hybridized carbons (Fsp3) is 0.500. The van der Waals surface area contributed by atoms with E-state index in [4.69, 9.17) is 5.73 Å². The van der Waals surface area contributed by atoms with Crippen LogP contribution in [-0.4, -0.2) is 17.8 Å². The van der Waals surface area contributed by atoms with Crippen LogP contribution < -0.4 is 5.73 Å². The number of nitrogens with two attached hydrogens (primary N) is 1. The van der Waals surface area contributed by atoms with Gasteiger partial charge in [0.2, 0.25) is 0 Å². The molecule has 0 spiro atoms. The average molecular weight is 189 g/mol.